The summed E-state index contributed by atoms with van der Waals surface area (Å²) in [6, 6.07) is 6.74. The Balaban J connectivity index is 2.87. The number of carbonyl (C=O) groups is 2. The van der Waals surface area contributed by atoms with Gasteiger partial charge in [0.2, 0.25) is 5.24 Å². The number of benzene rings is 1. The number of hydrogen-bond acceptors (Lipinski definition) is 2. The van der Waals surface area contributed by atoms with E-state index in [-0.39, 0.29) is 0 Å². The molecule has 0 bridgehead atoms. The summed E-state index contributed by atoms with van der Waals surface area (Å²) in [5.74, 6) is -2.10. The highest BCUT2D eigenvalue weighted by atomic mass is 35.5. The molecule has 0 aromatic heterocycles. The van der Waals surface area contributed by atoms with Gasteiger partial charge in [0.15, 0.2) is 0 Å². The minimum Gasteiger partial charge on any atom is -0.341 e. The van der Waals surface area contributed by atoms with Crippen molar-refractivity contribution in [1.82, 2.24) is 5.32 Å². The predicted molar refractivity (Wildman–Crippen MR) is 58.9 cm³/mol. The van der Waals surface area contributed by atoms with Gasteiger partial charge in [-0.05, 0) is 17.2 Å². The number of halogens is 4. The van der Waals surface area contributed by atoms with E-state index in [1.807, 2.05) is 0 Å². The molecule has 7 heteroatoms. The fourth-order valence-corrected chi connectivity index (χ4v) is 1.49. The van der Waals surface area contributed by atoms with Crippen LogP contribution in [-0.2, 0) is 9.59 Å². The van der Waals surface area contributed by atoms with Gasteiger partial charge in [-0.1, -0.05) is 30.3 Å². The molecule has 0 saturated heterocycles. The van der Waals surface area contributed by atoms with Crippen molar-refractivity contribution in [3.63, 3.8) is 0 Å². The second-order valence-electron chi connectivity index (χ2n) is 3.49. The van der Waals surface area contributed by atoms with Crippen molar-refractivity contribution in [3.8, 4) is 0 Å². The Hall–Kier alpha value is -1.56. The van der Waals surface area contributed by atoms with Crippen LogP contribution in [0.4, 0.5) is 13.2 Å². The zero-order valence-electron chi connectivity index (χ0n) is 9.00. The molecule has 0 aliphatic rings. The van der Waals surface area contributed by atoms with E-state index in [1.54, 1.807) is 23.5 Å². The molecule has 0 unspecified atom stereocenters. The van der Waals surface area contributed by atoms with Crippen molar-refractivity contribution in [1.29, 1.82) is 0 Å². The Kier molecular flexibility index (Phi) is 4.72. The highest BCUT2D eigenvalue weighted by Crippen LogP contribution is 2.21. The standard InChI is InChI=1S/C11H9ClF3NO2/c12-9(17)6-8(7-4-2-1-3-5-7)16-10(18)11(13,14)15/h1-5,8H,6H2,(H,16,18)/t8-/m1/s1. The highest BCUT2D eigenvalue weighted by molar-refractivity contribution is 6.63. The number of amides is 1. The molecule has 18 heavy (non-hydrogen) atoms. The molecule has 0 radical (unpaired) electrons. The summed E-state index contributed by atoms with van der Waals surface area (Å²) in [7, 11) is 0. The van der Waals surface area contributed by atoms with Gasteiger partial charge in [0.25, 0.3) is 0 Å². The molecule has 0 heterocycles. The van der Waals surface area contributed by atoms with E-state index in [2.05, 4.69) is 0 Å². The fourth-order valence-electron chi connectivity index (χ4n) is 1.34. The summed E-state index contributed by atoms with van der Waals surface area (Å²) in [5.41, 5.74) is 0.379. The molecule has 0 saturated carbocycles. The third-order valence-electron chi connectivity index (χ3n) is 2.13. The maximum Gasteiger partial charge on any atom is 0.471 e. The maximum absolute atomic E-state index is 12.1. The molecule has 1 aromatic rings. The summed E-state index contributed by atoms with van der Waals surface area (Å²) in [6.45, 7) is 0. The second-order valence-corrected chi connectivity index (χ2v) is 3.92. The van der Waals surface area contributed by atoms with Crippen LogP contribution in [0.5, 0.6) is 0 Å². The first-order valence-electron chi connectivity index (χ1n) is 4.91. The molecule has 98 valence electrons. The number of alkyl halides is 3. The Morgan fingerprint density at radius 1 is 1.22 bits per heavy atom. The molecular weight excluding hydrogens is 271 g/mol. The molecular formula is C11H9ClF3NO2. The monoisotopic (exact) mass is 279 g/mol. The Bertz CT molecular complexity index is 434. The van der Waals surface area contributed by atoms with Crippen molar-refractivity contribution >= 4 is 22.8 Å². The molecule has 1 atom stereocenters. The van der Waals surface area contributed by atoms with E-state index >= 15 is 0 Å². The van der Waals surface area contributed by atoms with E-state index in [4.69, 9.17) is 11.6 Å². The van der Waals surface area contributed by atoms with E-state index in [0.717, 1.165) is 0 Å². The van der Waals surface area contributed by atoms with Gasteiger partial charge in [-0.15, -0.1) is 0 Å². The van der Waals surface area contributed by atoms with Crippen LogP contribution in [-0.4, -0.2) is 17.3 Å². The Morgan fingerprint density at radius 3 is 2.22 bits per heavy atom. The first kappa shape index (κ1) is 14.5. The molecule has 1 amide bonds. The summed E-state index contributed by atoms with van der Waals surface area (Å²) >= 11 is 5.15. The van der Waals surface area contributed by atoms with Crippen LogP contribution in [0.2, 0.25) is 0 Å². The van der Waals surface area contributed by atoms with Crippen LogP contribution in [0, 0.1) is 0 Å². The predicted octanol–water partition coefficient (Wildman–Crippen LogP) is 2.56. The van der Waals surface area contributed by atoms with Gasteiger partial charge in [0, 0.05) is 6.42 Å². The molecule has 0 fully saturated rings. The Labute approximate surface area is 106 Å². The van der Waals surface area contributed by atoms with Gasteiger partial charge in [-0.2, -0.15) is 13.2 Å². The van der Waals surface area contributed by atoms with Crippen molar-refractivity contribution in [2.45, 2.75) is 18.6 Å². The third kappa shape index (κ3) is 4.37. The molecule has 0 aliphatic heterocycles. The number of nitrogens with one attached hydrogen (secondary N) is 1. The SMILES string of the molecule is O=C(Cl)C[C@@H](NC(=O)C(F)(F)F)c1ccccc1. The first-order valence-corrected chi connectivity index (χ1v) is 5.29. The van der Waals surface area contributed by atoms with Crippen LogP contribution in [0.3, 0.4) is 0 Å². The van der Waals surface area contributed by atoms with Gasteiger partial charge in [0.05, 0.1) is 6.04 Å². The van der Waals surface area contributed by atoms with E-state index in [9.17, 15) is 22.8 Å². The minimum atomic E-state index is -5.00. The number of carbonyl (C=O) groups excluding carboxylic acids is 2. The fraction of sp³-hybridized carbons (Fsp3) is 0.273. The molecule has 1 aromatic carbocycles. The number of hydrogen-bond donors (Lipinski definition) is 1. The largest absolute Gasteiger partial charge is 0.471 e. The molecule has 1 rings (SSSR count). The maximum atomic E-state index is 12.1. The normalized spacial score (nSPS) is 12.9. The zero-order valence-corrected chi connectivity index (χ0v) is 9.76. The lowest BCUT2D eigenvalue weighted by molar-refractivity contribution is -0.174. The van der Waals surface area contributed by atoms with Crippen molar-refractivity contribution in [2.24, 2.45) is 0 Å². The van der Waals surface area contributed by atoms with Crippen LogP contribution in [0.1, 0.15) is 18.0 Å². The van der Waals surface area contributed by atoms with Crippen molar-refractivity contribution < 1.29 is 22.8 Å². The van der Waals surface area contributed by atoms with E-state index in [1.165, 1.54) is 12.1 Å². The van der Waals surface area contributed by atoms with Gasteiger partial charge in [-0.25, -0.2) is 0 Å². The van der Waals surface area contributed by atoms with Gasteiger partial charge in [0.1, 0.15) is 0 Å². The molecule has 1 N–H and O–H groups in total. The van der Waals surface area contributed by atoms with E-state index in [0.29, 0.717) is 5.56 Å². The average Bonchev–Trinajstić information content (AvgIpc) is 2.27. The van der Waals surface area contributed by atoms with Gasteiger partial charge >= 0.3 is 12.1 Å². The van der Waals surface area contributed by atoms with Crippen molar-refractivity contribution in [3.05, 3.63) is 35.9 Å². The zero-order chi connectivity index (χ0) is 13.8. The average molecular weight is 280 g/mol. The lowest BCUT2D eigenvalue weighted by Gasteiger charge is -2.18. The smallest absolute Gasteiger partial charge is 0.341 e. The molecule has 0 aliphatic carbocycles. The molecule has 3 nitrogen and oxygen atoms in total. The second kappa shape index (κ2) is 5.86. The summed E-state index contributed by atoms with van der Waals surface area (Å²) in [6.07, 6.45) is -5.41. The Morgan fingerprint density at radius 2 is 1.78 bits per heavy atom. The lowest BCUT2D eigenvalue weighted by Crippen LogP contribution is -2.39. The van der Waals surface area contributed by atoms with Crippen molar-refractivity contribution in [2.75, 3.05) is 0 Å². The summed E-state index contributed by atoms with van der Waals surface area (Å²) < 4.78 is 36.4. The third-order valence-corrected chi connectivity index (χ3v) is 2.28. The topological polar surface area (TPSA) is 46.2 Å². The molecule has 0 spiro atoms. The van der Waals surface area contributed by atoms with Crippen LogP contribution in [0.25, 0.3) is 0 Å². The minimum absolute atomic E-state index is 0.379. The van der Waals surface area contributed by atoms with Crippen LogP contribution in [0.15, 0.2) is 30.3 Å². The quantitative estimate of drug-likeness (QED) is 0.861. The number of rotatable bonds is 4. The summed E-state index contributed by atoms with van der Waals surface area (Å²) in [5, 5.41) is 0.908. The first-order chi connectivity index (χ1) is 8.30. The highest BCUT2D eigenvalue weighted by Gasteiger charge is 2.40. The van der Waals surface area contributed by atoms with E-state index < -0.39 is 29.8 Å². The van der Waals surface area contributed by atoms with Gasteiger partial charge < -0.3 is 5.32 Å². The van der Waals surface area contributed by atoms with Crippen LogP contribution >= 0.6 is 11.6 Å². The van der Waals surface area contributed by atoms with Gasteiger partial charge in [-0.3, -0.25) is 9.59 Å². The van der Waals surface area contributed by atoms with Crippen LogP contribution < -0.4 is 5.32 Å². The summed E-state index contributed by atoms with van der Waals surface area (Å²) in [4.78, 5) is 21.6. The lowest BCUT2D eigenvalue weighted by atomic mass is 10.0.